The van der Waals surface area contributed by atoms with Crippen molar-refractivity contribution in [1.82, 2.24) is 0 Å². The van der Waals surface area contributed by atoms with Crippen molar-refractivity contribution in [2.75, 3.05) is 0 Å². The minimum Gasteiger partial charge on any atom is -0.743 e. The molecule has 0 N–H and O–H groups in total. The van der Waals surface area contributed by atoms with Gasteiger partial charge in [0.1, 0.15) is 10.5 Å². The van der Waals surface area contributed by atoms with Crippen LogP contribution in [0.5, 0.6) is 0 Å². The molecule has 1 unspecified atom stereocenters. The summed E-state index contributed by atoms with van der Waals surface area (Å²) in [6.07, 6.45) is 11.8. The lowest BCUT2D eigenvalue weighted by molar-refractivity contribution is -0.382. The fourth-order valence-electron chi connectivity index (χ4n) is 5.17. The van der Waals surface area contributed by atoms with Crippen LogP contribution in [0.25, 0.3) is 0 Å². The van der Waals surface area contributed by atoms with E-state index in [1.165, 1.54) is 83.5 Å². The van der Waals surface area contributed by atoms with E-state index in [9.17, 15) is 57.3 Å². The summed E-state index contributed by atoms with van der Waals surface area (Å²) in [4.78, 5) is 12.5. The highest BCUT2D eigenvalue weighted by Gasteiger charge is 2.83. The zero-order chi connectivity index (χ0) is 28.3. The van der Waals surface area contributed by atoms with Gasteiger partial charge >= 0.3 is 23.3 Å². The van der Waals surface area contributed by atoms with Gasteiger partial charge in [-0.3, -0.25) is 4.79 Å². The van der Waals surface area contributed by atoms with E-state index in [1.54, 1.807) is 0 Å². The normalized spacial score (nSPS) is 24.1. The molecule has 0 heterocycles. The second kappa shape index (κ2) is 12.2. The summed E-state index contributed by atoms with van der Waals surface area (Å²) < 4.78 is 135. The monoisotopic (exact) mass is 594 g/mol. The molecule has 1 atom stereocenters. The molecule has 0 saturated heterocycles. The van der Waals surface area contributed by atoms with Gasteiger partial charge in [0.05, 0.1) is 0 Å². The molecule has 3 aliphatic carbocycles. The summed E-state index contributed by atoms with van der Waals surface area (Å²) in [5.74, 6) is -14.2. The van der Waals surface area contributed by atoms with Crippen molar-refractivity contribution in [1.29, 1.82) is 0 Å². The Morgan fingerprint density at radius 3 is 1.41 bits per heavy atom. The molecule has 0 amide bonds. The van der Waals surface area contributed by atoms with Gasteiger partial charge in [-0.05, 0) is 64.2 Å². The van der Waals surface area contributed by atoms with E-state index in [0.29, 0.717) is 21.9 Å². The quantitative estimate of drug-likeness (QED) is 0.194. The van der Waals surface area contributed by atoms with Crippen LogP contribution in [0.4, 0.5) is 39.5 Å². The predicted molar refractivity (Wildman–Crippen MR) is 119 cm³/mol. The fraction of sp³-hybridized carbons (Fsp3) is 0.955. The third kappa shape index (κ3) is 7.09. The van der Waals surface area contributed by atoms with Gasteiger partial charge in [0.15, 0.2) is 21.2 Å². The number of Topliss-reactive ketones (excluding diaryl/α,β-unsaturated/α-hetero) is 1. The van der Waals surface area contributed by atoms with Crippen molar-refractivity contribution < 1.29 is 57.3 Å². The van der Waals surface area contributed by atoms with Crippen LogP contribution in [0.1, 0.15) is 89.9 Å². The maximum atomic E-state index is 12.5. The van der Waals surface area contributed by atoms with Crippen molar-refractivity contribution in [3.63, 3.8) is 0 Å². The number of rotatable bonds is 6. The van der Waals surface area contributed by atoms with Crippen molar-refractivity contribution in [2.45, 2.75) is 129 Å². The Bertz CT molecular complexity index is 848. The average molecular weight is 595 g/mol. The standard InChI is InChI=1S/C18H31OS.C4HF9O3S/c19-17-13-7-8-14-18(17)20(15-9-3-1-4-10-15)16-11-5-2-6-12-16;5-1(6,3(9,10)11)2(7,8)4(12,13)17(14,15)16/h15-16,18H,1-14H2;(H,14,15,16)/q+1;/p-1. The molecule has 0 aromatic heterocycles. The zero-order valence-corrected chi connectivity index (χ0v) is 21.6. The third-order valence-corrected chi connectivity index (χ3v) is 11.7. The summed E-state index contributed by atoms with van der Waals surface area (Å²) in [5.41, 5.74) is 0. The van der Waals surface area contributed by atoms with Crippen LogP contribution in [0.15, 0.2) is 0 Å². The first-order valence-corrected chi connectivity index (χ1v) is 15.1. The fourth-order valence-corrected chi connectivity index (χ4v) is 9.70. The van der Waals surface area contributed by atoms with Gasteiger partial charge in [-0.15, -0.1) is 0 Å². The molecule has 0 spiro atoms. The van der Waals surface area contributed by atoms with Gasteiger partial charge in [0, 0.05) is 23.7 Å². The zero-order valence-electron chi connectivity index (χ0n) is 20.0. The van der Waals surface area contributed by atoms with Gasteiger partial charge in [-0.25, -0.2) is 8.42 Å². The van der Waals surface area contributed by atoms with E-state index in [0.717, 1.165) is 16.9 Å². The number of halogens is 9. The smallest absolute Gasteiger partial charge is 0.460 e. The number of carbonyl (C=O) groups is 1. The summed E-state index contributed by atoms with van der Waals surface area (Å²) in [7, 11) is -6.98. The molecule has 3 aliphatic rings. The van der Waals surface area contributed by atoms with Crippen molar-refractivity contribution in [3.8, 4) is 0 Å². The van der Waals surface area contributed by atoms with Crippen LogP contribution in [0, 0.1) is 0 Å². The van der Waals surface area contributed by atoms with E-state index >= 15 is 0 Å². The first-order chi connectivity index (χ1) is 16.9. The molecule has 0 radical (unpaired) electrons. The maximum Gasteiger partial charge on any atom is 0.460 e. The maximum absolute atomic E-state index is 12.5. The molecule has 15 heteroatoms. The Morgan fingerprint density at radius 1 is 0.649 bits per heavy atom. The Morgan fingerprint density at radius 2 is 1.05 bits per heavy atom. The van der Waals surface area contributed by atoms with Gasteiger partial charge in [0.25, 0.3) is 0 Å². The Balaban J connectivity index is 0.000000265. The molecule has 0 aromatic carbocycles. The first-order valence-electron chi connectivity index (χ1n) is 12.2. The largest absolute Gasteiger partial charge is 0.743 e. The summed E-state index contributed by atoms with van der Waals surface area (Å²) in [5, 5.41) is -4.80. The number of carbonyl (C=O) groups excluding carboxylic acids is 1. The van der Waals surface area contributed by atoms with E-state index < -0.39 is 33.4 Å². The average Bonchev–Trinajstić information content (AvgIpc) is 2.81. The number of ketones is 1. The third-order valence-electron chi connectivity index (χ3n) is 7.13. The molecule has 0 aromatic rings. The van der Waals surface area contributed by atoms with Crippen LogP contribution in [0.3, 0.4) is 0 Å². The highest BCUT2D eigenvalue weighted by Crippen LogP contribution is 2.54. The van der Waals surface area contributed by atoms with Crippen molar-refractivity contribution in [3.05, 3.63) is 0 Å². The minimum atomic E-state index is -7.43. The van der Waals surface area contributed by atoms with E-state index in [4.69, 9.17) is 0 Å². The molecule has 37 heavy (non-hydrogen) atoms. The first kappa shape index (κ1) is 32.5. The molecule has 4 nitrogen and oxygen atoms in total. The van der Waals surface area contributed by atoms with Crippen molar-refractivity contribution >= 4 is 26.8 Å². The van der Waals surface area contributed by atoms with Crippen LogP contribution in [0.2, 0.25) is 0 Å². The lowest BCUT2D eigenvalue weighted by Crippen LogP contribution is -2.63. The lowest BCUT2D eigenvalue weighted by atomic mass is 9.98. The SMILES string of the molecule is O=C1CCCCC1[S+](C1CCCCC1)C1CCCCC1.O=S(=O)([O-])C(F)(F)C(F)(F)C(F)(F)C(F)(F)F. The molecule has 3 fully saturated rings. The molecule has 3 rings (SSSR count). The van der Waals surface area contributed by atoms with E-state index in [-0.39, 0.29) is 0 Å². The molecular weight excluding hydrogens is 563 g/mol. The summed E-state index contributed by atoms with van der Waals surface area (Å²) >= 11 is 0. The van der Waals surface area contributed by atoms with Crippen LogP contribution >= 0.6 is 0 Å². The topological polar surface area (TPSA) is 74.3 Å². The number of hydrogen-bond donors (Lipinski definition) is 0. The molecule has 0 aliphatic heterocycles. The second-order valence-corrected chi connectivity index (χ2v) is 13.9. The predicted octanol–water partition coefficient (Wildman–Crippen LogP) is 6.74. The molecule has 3 saturated carbocycles. The number of alkyl halides is 9. The van der Waals surface area contributed by atoms with E-state index in [1.807, 2.05) is 0 Å². The van der Waals surface area contributed by atoms with Crippen LogP contribution in [-0.2, 0) is 25.8 Å². The van der Waals surface area contributed by atoms with Crippen molar-refractivity contribution in [2.24, 2.45) is 0 Å². The number of hydrogen-bond acceptors (Lipinski definition) is 4. The lowest BCUT2D eigenvalue weighted by Gasteiger charge is -2.35. The molecular formula is C22H31F9O4S2. The second-order valence-electron chi connectivity index (χ2n) is 9.75. The Kier molecular flexibility index (Phi) is 10.7. The Hall–Kier alpha value is -0.700. The highest BCUT2D eigenvalue weighted by molar-refractivity contribution is 7.99. The molecule has 0 bridgehead atoms. The van der Waals surface area contributed by atoms with Gasteiger partial charge in [0.2, 0.25) is 0 Å². The van der Waals surface area contributed by atoms with Gasteiger partial charge in [-0.2, -0.15) is 39.5 Å². The van der Waals surface area contributed by atoms with Crippen LogP contribution in [-0.4, -0.2) is 57.8 Å². The van der Waals surface area contributed by atoms with Gasteiger partial charge in [-0.1, -0.05) is 12.8 Å². The van der Waals surface area contributed by atoms with Gasteiger partial charge < -0.3 is 4.55 Å². The summed E-state index contributed by atoms with van der Waals surface area (Å²) in [6.45, 7) is 0. The highest BCUT2D eigenvalue weighted by atomic mass is 32.2. The Labute approximate surface area is 213 Å². The van der Waals surface area contributed by atoms with E-state index in [2.05, 4.69) is 0 Å². The van der Waals surface area contributed by atoms with Crippen LogP contribution < -0.4 is 0 Å². The minimum absolute atomic E-state index is 0.437. The molecule has 218 valence electrons. The summed E-state index contributed by atoms with van der Waals surface area (Å²) in [6, 6.07) is 0.